The number of amidine groups is 1. The fourth-order valence-corrected chi connectivity index (χ4v) is 1.66. The highest BCUT2D eigenvalue weighted by Crippen LogP contribution is 2.27. The lowest BCUT2D eigenvalue weighted by Crippen LogP contribution is -2.52. The summed E-state index contributed by atoms with van der Waals surface area (Å²) in [4.78, 5) is 12.3. The molecule has 5 nitrogen and oxygen atoms in total. The van der Waals surface area contributed by atoms with E-state index in [0.717, 1.165) is 0 Å². The molecule has 0 aliphatic rings. The lowest BCUT2D eigenvalue weighted by molar-refractivity contribution is -0.128. The normalized spacial score (nSPS) is 14.8. The van der Waals surface area contributed by atoms with Gasteiger partial charge in [0.2, 0.25) is 5.91 Å². The topological polar surface area (TPSA) is 87.7 Å². The van der Waals surface area contributed by atoms with Crippen molar-refractivity contribution in [1.82, 2.24) is 5.32 Å². The molecule has 0 heterocycles. The van der Waals surface area contributed by atoms with E-state index in [2.05, 4.69) is 10.5 Å². The first-order chi connectivity index (χ1) is 7.85. The standard InChI is InChI=1S/C12H25N3O2/c1-6-12(7-2,10(13)15-17)11(16)14-9(5)8(3)4/h8-9,17H,6-7H2,1-5H3,(H2,13,15)(H,14,16). The number of amides is 1. The van der Waals surface area contributed by atoms with Crippen LogP contribution >= 0.6 is 0 Å². The highest BCUT2D eigenvalue weighted by atomic mass is 16.4. The summed E-state index contributed by atoms with van der Waals surface area (Å²) < 4.78 is 0. The van der Waals surface area contributed by atoms with E-state index in [9.17, 15) is 4.79 Å². The summed E-state index contributed by atoms with van der Waals surface area (Å²) in [5.74, 6) is 0.160. The molecule has 0 saturated carbocycles. The Balaban J connectivity index is 5.02. The van der Waals surface area contributed by atoms with Gasteiger partial charge >= 0.3 is 0 Å². The molecule has 5 heteroatoms. The maximum atomic E-state index is 12.3. The zero-order valence-electron chi connectivity index (χ0n) is 11.4. The van der Waals surface area contributed by atoms with Crippen molar-refractivity contribution < 1.29 is 10.0 Å². The van der Waals surface area contributed by atoms with Gasteiger partial charge in [0.25, 0.3) is 0 Å². The van der Waals surface area contributed by atoms with Crippen LogP contribution in [0.15, 0.2) is 5.16 Å². The van der Waals surface area contributed by atoms with Gasteiger partial charge in [0, 0.05) is 6.04 Å². The number of nitrogens with two attached hydrogens (primary N) is 1. The molecule has 0 spiro atoms. The first kappa shape index (κ1) is 15.7. The second-order valence-electron chi connectivity index (χ2n) is 4.78. The van der Waals surface area contributed by atoms with Gasteiger partial charge in [-0.3, -0.25) is 4.79 Å². The zero-order chi connectivity index (χ0) is 13.6. The van der Waals surface area contributed by atoms with Crippen LogP contribution in [0.1, 0.15) is 47.5 Å². The van der Waals surface area contributed by atoms with E-state index in [4.69, 9.17) is 10.9 Å². The number of nitrogens with zero attached hydrogens (tertiary/aromatic N) is 1. The first-order valence-corrected chi connectivity index (χ1v) is 6.14. The van der Waals surface area contributed by atoms with E-state index < -0.39 is 5.41 Å². The van der Waals surface area contributed by atoms with Crippen molar-refractivity contribution in [3.63, 3.8) is 0 Å². The predicted octanol–water partition coefficient (Wildman–Crippen LogP) is 1.70. The molecule has 100 valence electrons. The minimum absolute atomic E-state index is 0.0176. The highest BCUT2D eigenvalue weighted by molar-refractivity contribution is 6.06. The predicted molar refractivity (Wildman–Crippen MR) is 68.9 cm³/mol. The van der Waals surface area contributed by atoms with Gasteiger partial charge in [0.15, 0.2) is 5.84 Å². The summed E-state index contributed by atoms with van der Waals surface area (Å²) in [7, 11) is 0. The molecule has 1 unspecified atom stereocenters. The van der Waals surface area contributed by atoms with Crippen LogP contribution in [-0.4, -0.2) is 23.0 Å². The van der Waals surface area contributed by atoms with Gasteiger partial charge in [-0.05, 0) is 25.7 Å². The molecule has 0 aliphatic carbocycles. The number of carbonyl (C=O) groups excluding carboxylic acids is 1. The highest BCUT2D eigenvalue weighted by Gasteiger charge is 2.40. The fourth-order valence-electron chi connectivity index (χ4n) is 1.66. The molecule has 0 aromatic carbocycles. The summed E-state index contributed by atoms with van der Waals surface area (Å²) in [6.45, 7) is 9.75. The Morgan fingerprint density at radius 2 is 1.82 bits per heavy atom. The van der Waals surface area contributed by atoms with Gasteiger partial charge < -0.3 is 16.3 Å². The Morgan fingerprint density at radius 1 is 1.35 bits per heavy atom. The maximum Gasteiger partial charge on any atom is 0.234 e. The van der Waals surface area contributed by atoms with Gasteiger partial charge in [-0.1, -0.05) is 32.9 Å². The molecule has 1 amide bonds. The van der Waals surface area contributed by atoms with Crippen molar-refractivity contribution in [3.8, 4) is 0 Å². The molecule has 4 N–H and O–H groups in total. The largest absolute Gasteiger partial charge is 0.409 e. The Bertz CT molecular complexity index is 283. The minimum atomic E-state index is -0.905. The summed E-state index contributed by atoms with van der Waals surface area (Å²) in [6.07, 6.45) is 1.02. The summed E-state index contributed by atoms with van der Waals surface area (Å²) >= 11 is 0. The molecule has 0 saturated heterocycles. The zero-order valence-corrected chi connectivity index (χ0v) is 11.4. The molecule has 0 aliphatic heterocycles. The van der Waals surface area contributed by atoms with Crippen molar-refractivity contribution in [2.24, 2.45) is 22.2 Å². The van der Waals surface area contributed by atoms with Crippen LogP contribution in [-0.2, 0) is 4.79 Å². The lowest BCUT2D eigenvalue weighted by Gasteiger charge is -2.31. The van der Waals surface area contributed by atoms with Crippen molar-refractivity contribution in [2.75, 3.05) is 0 Å². The quantitative estimate of drug-likeness (QED) is 0.287. The average Bonchev–Trinajstić information content (AvgIpc) is 2.30. The lowest BCUT2D eigenvalue weighted by atomic mass is 9.79. The van der Waals surface area contributed by atoms with Crippen LogP contribution < -0.4 is 11.1 Å². The molecule has 0 aromatic rings. The van der Waals surface area contributed by atoms with Gasteiger partial charge in [0.1, 0.15) is 5.41 Å². The Hall–Kier alpha value is -1.26. The maximum absolute atomic E-state index is 12.3. The Labute approximate surface area is 103 Å². The van der Waals surface area contributed by atoms with Crippen molar-refractivity contribution in [1.29, 1.82) is 0 Å². The van der Waals surface area contributed by atoms with Gasteiger partial charge in [0.05, 0.1) is 0 Å². The molecule has 0 radical (unpaired) electrons. The third-order valence-corrected chi connectivity index (χ3v) is 3.60. The molecule has 0 aromatic heterocycles. The molecule has 1 atom stereocenters. The Kier molecular flexibility index (Phi) is 5.99. The van der Waals surface area contributed by atoms with Gasteiger partial charge in [-0.25, -0.2) is 0 Å². The van der Waals surface area contributed by atoms with Crippen LogP contribution in [0.25, 0.3) is 0 Å². The van der Waals surface area contributed by atoms with Crippen molar-refractivity contribution in [3.05, 3.63) is 0 Å². The molecule has 0 fully saturated rings. The smallest absolute Gasteiger partial charge is 0.234 e. The van der Waals surface area contributed by atoms with Crippen LogP contribution in [0, 0.1) is 11.3 Å². The summed E-state index contributed by atoms with van der Waals surface area (Å²) in [5, 5.41) is 14.7. The molecule has 0 bridgehead atoms. The second-order valence-corrected chi connectivity index (χ2v) is 4.78. The number of rotatable bonds is 6. The molecule has 0 rings (SSSR count). The number of nitrogens with one attached hydrogen (secondary N) is 1. The van der Waals surface area contributed by atoms with E-state index in [0.29, 0.717) is 18.8 Å². The van der Waals surface area contributed by atoms with E-state index >= 15 is 0 Å². The third kappa shape index (κ3) is 3.35. The van der Waals surface area contributed by atoms with E-state index in [1.54, 1.807) is 0 Å². The molecular formula is C12H25N3O2. The number of hydrogen-bond acceptors (Lipinski definition) is 3. The van der Waals surface area contributed by atoms with E-state index in [1.807, 2.05) is 34.6 Å². The van der Waals surface area contributed by atoms with E-state index in [1.165, 1.54) is 0 Å². The number of carbonyl (C=O) groups is 1. The third-order valence-electron chi connectivity index (χ3n) is 3.60. The second kappa shape index (κ2) is 6.47. The van der Waals surface area contributed by atoms with Crippen LogP contribution in [0.4, 0.5) is 0 Å². The Morgan fingerprint density at radius 3 is 2.12 bits per heavy atom. The van der Waals surface area contributed by atoms with Gasteiger partial charge in [-0.15, -0.1) is 0 Å². The molecule has 17 heavy (non-hydrogen) atoms. The van der Waals surface area contributed by atoms with Crippen LogP contribution in [0.2, 0.25) is 0 Å². The summed E-state index contributed by atoms with van der Waals surface area (Å²) in [5.41, 5.74) is 4.76. The average molecular weight is 243 g/mol. The molecular weight excluding hydrogens is 218 g/mol. The van der Waals surface area contributed by atoms with Crippen LogP contribution in [0.3, 0.4) is 0 Å². The van der Waals surface area contributed by atoms with E-state index in [-0.39, 0.29) is 17.8 Å². The monoisotopic (exact) mass is 243 g/mol. The first-order valence-electron chi connectivity index (χ1n) is 6.14. The number of hydrogen-bond donors (Lipinski definition) is 3. The fraction of sp³-hybridized carbons (Fsp3) is 0.833. The number of oxime groups is 1. The minimum Gasteiger partial charge on any atom is -0.409 e. The van der Waals surface area contributed by atoms with Crippen molar-refractivity contribution >= 4 is 11.7 Å². The summed E-state index contributed by atoms with van der Waals surface area (Å²) in [6, 6.07) is 0.0615. The van der Waals surface area contributed by atoms with Gasteiger partial charge in [-0.2, -0.15) is 0 Å². The SMILES string of the molecule is CCC(CC)(C(=O)NC(C)C(C)C)C(N)=NO. The van der Waals surface area contributed by atoms with Crippen LogP contribution in [0.5, 0.6) is 0 Å². The van der Waals surface area contributed by atoms with Crippen molar-refractivity contribution in [2.45, 2.75) is 53.5 Å².